The van der Waals surface area contributed by atoms with Crippen LogP contribution in [0.5, 0.6) is 0 Å². The molecule has 100 valence electrons. The lowest BCUT2D eigenvalue weighted by molar-refractivity contribution is 0.112. The van der Waals surface area contributed by atoms with Gasteiger partial charge in [-0.25, -0.2) is 4.98 Å². The summed E-state index contributed by atoms with van der Waals surface area (Å²) in [5.41, 5.74) is 1.43. The van der Waals surface area contributed by atoms with Crippen molar-refractivity contribution >= 4 is 23.0 Å². The van der Waals surface area contributed by atoms with E-state index in [0.717, 1.165) is 30.2 Å². The molecule has 4 nitrogen and oxygen atoms in total. The van der Waals surface area contributed by atoms with Crippen molar-refractivity contribution in [2.45, 2.75) is 13.3 Å². The molecule has 1 aromatic carbocycles. The van der Waals surface area contributed by atoms with E-state index in [4.69, 9.17) is 5.11 Å². The largest absolute Gasteiger partial charge is 0.395 e. The zero-order valence-electron chi connectivity index (χ0n) is 11.0. The van der Waals surface area contributed by atoms with Crippen molar-refractivity contribution in [1.82, 2.24) is 4.98 Å². The summed E-state index contributed by atoms with van der Waals surface area (Å²) in [6.45, 7) is 3.37. The van der Waals surface area contributed by atoms with Crippen LogP contribution in [0.2, 0.25) is 0 Å². The Morgan fingerprint density at radius 1 is 1.32 bits per heavy atom. The second-order valence-corrected chi connectivity index (χ2v) is 4.42. The molecule has 0 radical (unpaired) electrons. The Labute approximate surface area is 112 Å². The molecular formula is C15H18N2O2. The van der Waals surface area contributed by atoms with Crippen LogP contribution in [0, 0.1) is 0 Å². The Bertz CT molecular complexity index is 563. The van der Waals surface area contributed by atoms with Crippen molar-refractivity contribution in [2.75, 3.05) is 24.6 Å². The van der Waals surface area contributed by atoms with Crippen LogP contribution >= 0.6 is 0 Å². The molecule has 0 aliphatic carbocycles. The zero-order chi connectivity index (χ0) is 13.7. The second-order valence-electron chi connectivity index (χ2n) is 4.42. The highest BCUT2D eigenvalue weighted by Crippen LogP contribution is 2.22. The van der Waals surface area contributed by atoms with E-state index < -0.39 is 0 Å². The van der Waals surface area contributed by atoms with Crippen LogP contribution in [0.25, 0.3) is 10.9 Å². The van der Waals surface area contributed by atoms with Gasteiger partial charge in [0.25, 0.3) is 0 Å². The van der Waals surface area contributed by atoms with Crippen molar-refractivity contribution < 1.29 is 9.90 Å². The summed E-state index contributed by atoms with van der Waals surface area (Å²) in [6.07, 6.45) is 1.77. The van der Waals surface area contributed by atoms with Crippen molar-refractivity contribution in [3.8, 4) is 0 Å². The number of aliphatic hydroxyl groups excluding tert-OH is 1. The van der Waals surface area contributed by atoms with Gasteiger partial charge in [0.15, 0.2) is 6.29 Å². The van der Waals surface area contributed by atoms with E-state index in [1.54, 1.807) is 0 Å². The van der Waals surface area contributed by atoms with Gasteiger partial charge in [-0.15, -0.1) is 0 Å². The van der Waals surface area contributed by atoms with Crippen LogP contribution in [0.3, 0.4) is 0 Å². The van der Waals surface area contributed by atoms with Gasteiger partial charge in [-0.2, -0.15) is 0 Å². The molecule has 19 heavy (non-hydrogen) atoms. The molecule has 0 aliphatic heterocycles. The standard InChI is InChI=1S/C15H18N2O2/c1-2-7-17(8-9-18)15-13(11-19)10-12-5-3-4-6-14(12)16-15/h3-6,10-11,18H,2,7-9H2,1H3. The fourth-order valence-electron chi connectivity index (χ4n) is 2.18. The maximum absolute atomic E-state index is 11.3. The maximum atomic E-state index is 11.3. The van der Waals surface area contributed by atoms with Crippen LogP contribution < -0.4 is 4.90 Å². The molecular weight excluding hydrogens is 240 g/mol. The molecule has 0 amide bonds. The number of aliphatic hydroxyl groups is 1. The van der Waals surface area contributed by atoms with Crippen LogP contribution in [0.15, 0.2) is 30.3 Å². The smallest absolute Gasteiger partial charge is 0.153 e. The summed E-state index contributed by atoms with van der Waals surface area (Å²) >= 11 is 0. The SMILES string of the molecule is CCCN(CCO)c1nc2ccccc2cc1C=O. The van der Waals surface area contributed by atoms with Crippen molar-refractivity contribution in [2.24, 2.45) is 0 Å². The summed E-state index contributed by atoms with van der Waals surface area (Å²) in [4.78, 5) is 17.8. The highest BCUT2D eigenvalue weighted by molar-refractivity contribution is 5.91. The third-order valence-electron chi connectivity index (χ3n) is 3.02. The minimum atomic E-state index is 0.0484. The quantitative estimate of drug-likeness (QED) is 0.807. The number of fused-ring (bicyclic) bond motifs is 1. The van der Waals surface area contributed by atoms with Crippen LogP contribution in [-0.4, -0.2) is 36.1 Å². The predicted octanol–water partition coefficient (Wildman–Crippen LogP) is 2.26. The van der Waals surface area contributed by atoms with Gasteiger partial charge in [-0.1, -0.05) is 25.1 Å². The summed E-state index contributed by atoms with van der Waals surface area (Å²) in [5, 5.41) is 10.1. The molecule has 0 saturated heterocycles. The first kappa shape index (κ1) is 13.5. The molecule has 1 aromatic heterocycles. The molecule has 1 heterocycles. The van der Waals surface area contributed by atoms with E-state index >= 15 is 0 Å². The van der Waals surface area contributed by atoms with Crippen LogP contribution in [0.4, 0.5) is 5.82 Å². The molecule has 0 bridgehead atoms. The lowest BCUT2D eigenvalue weighted by Crippen LogP contribution is -2.29. The zero-order valence-corrected chi connectivity index (χ0v) is 11.0. The summed E-state index contributed by atoms with van der Waals surface area (Å²) in [5.74, 6) is 0.657. The summed E-state index contributed by atoms with van der Waals surface area (Å²) in [7, 11) is 0. The second kappa shape index (κ2) is 6.29. The molecule has 0 saturated carbocycles. The number of rotatable bonds is 6. The molecule has 2 rings (SSSR count). The van der Waals surface area contributed by atoms with E-state index in [2.05, 4.69) is 11.9 Å². The van der Waals surface area contributed by atoms with E-state index in [9.17, 15) is 4.79 Å². The molecule has 0 unspecified atom stereocenters. The number of carbonyl (C=O) groups excluding carboxylic acids is 1. The first-order chi connectivity index (χ1) is 9.30. The van der Waals surface area contributed by atoms with Gasteiger partial charge in [-0.3, -0.25) is 4.79 Å². The van der Waals surface area contributed by atoms with Gasteiger partial charge in [0.1, 0.15) is 5.82 Å². The number of anilines is 1. The topological polar surface area (TPSA) is 53.4 Å². The molecule has 1 N–H and O–H groups in total. The molecule has 2 aromatic rings. The normalized spacial score (nSPS) is 10.6. The highest BCUT2D eigenvalue weighted by atomic mass is 16.3. The number of hydrogen-bond donors (Lipinski definition) is 1. The fourth-order valence-corrected chi connectivity index (χ4v) is 2.18. The van der Waals surface area contributed by atoms with Gasteiger partial charge in [0.05, 0.1) is 17.7 Å². The number of para-hydroxylation sites is 1. The maximum Gasteiger partial charge on any atom is 0.153 e. The van der Waals surface area contributed by atoms with E-state index in [0.29, 0.717) is 17.9 Å². The molecule has 4 heteroatoms. The lowest BCUT2D eigenvalue weighted by atomic mass is 10.1. The summed E-state index contributed by atoms with van der Waals surface area (Å²) in [6, 6.07) is 9.57. The lowest BCUT2D eigenvalue weighted by Gasteiger charge is -2.23. The summed E-state index contributed by atoms with van der Waals surface area (Å²) < 4.78 is 0. The van der Waals surface area contributed by atoms with Gasteiger partial charge >= 0.3 is 0 Å². The van der Waals surface area contributed by atoms with Crippen molar-refractivity contribution in [1.29, 1.82) is 0 Å². The van der Waals surface area contributed by atoms with Crippen molar-refractivity contribution in [3.63, 3.8) is 0 Å². The van der Waals surface area contributed by atoms with Crippen LogP contribution in [-0.2, 0) is 0 Å². The molecule has 0 spiro atoms. The molecule has 0 atom stereocenters. The number of carbonyl (C=O) groups is 1. The number of hydrogen-bond acceptors (Lipinski definition) is 4. The Hall–Kier alpha value is -1.94. The van der Waals surface area contributed by atoms with E-state index in [1.165, 1.54) is 0 Å². The Morgan fingerprint density at radius 2 is 2.11 bits per heavy atom. The number of pyridine rings is 1. The van der Waals surface area contributed by atoms with E-state index in [1.807, 2.05) is 35.2 Å². The minimum absolute atomic E-state index is 0.0484. The Kier molecular flexibility index (Phi) is 4.47. The van der Waals surface area contributed by atoms with Gasteiger partial charge < -0.3 is 10.0 Å². The van der Waals surface area contributed by atoms with Gasteiger partial charge in [0.2, 0.25) is 0 Å². The third kappa shape index (κ3) is 2.90. The predicted molar refractivity (Wildman–Crippen MR) is 76.7 cm³/mol. The third-order valence-corrected chi connectivity index (χ3v) is 3.02. The van der Waals surface area contributed by atoms with Gasteiger partial charge in [-0.05, 0) is 18.6 Å². The number of nitrogens with zero attached hydrogens (tertiary/aromatic N) is 2. The average Bonchev–Trinajstić information content (AvgIpc) is 2.45. The van der Waals surface area contributed by atoms with E-state index in [-0.39, 0.29) is 6.61 Å². The number of benzene rings is 1. The Balaban J connectivity index is 2.52. The van der Waals surface area contributed by atoms with Gasteiger partial charge in [0, 0.05) is 18.5 Å². The first-order valence-electron chi connectivity index (χ1n) is 6.51. The average molecular weight is 258 g/mol. The monoisotopic (exact) mass is 258 g/mol. The fraction of sp³-hybridized carbons (Fsp3) is 0.333. The number of aldehydes is 1. The highest BCUT2D eigenvalue weighted by Gasteiger charge is 2.13. The minimum Gasteiger partial charge on any atom is -0.395 e. The molecule has 0 aliphatic rings. The first-order valence-corrected chi connectivity index (χ1v) is 6.51. The van der Waals surface area contributed by atoms with Crippen LogP contribution in [0.1, 0.15) is 23.7 Å². The molecule has 0 fully saturated rings. The number of aromatic nitrogens is 1. The Morgan fingerprint density at radius 3 is 2.79 bits per heavy atom. The van der Waals surface area contributed by atoms with Crippen molar-refractivity contribution in [3.05, 3.63) is 35.9 Å².